The van der Waals surface area contributed by atoms with Crippen molar-refractivity contribution >= 4 is 0 Å². The second-order valence-corrected chi connectivity index (χ2v) is 6.06. The average Bonchev–Trinajstić information content (AvgIpc) is 2.61. The summed E-state index contributed by atoms with van der Waals surface area (Å²) in [6.07, 6.45) is 5.25. The van der Waals surface area contributed by atoms with Gasteiger partial charge in [0, 0.05) is 6.04 Å². The van der Waals surface area contributed by atoms with Gasteiger partial charge in [0.1, 0.15) is 0 Å². The molecule has 1 fully saturated rings. The number of aryl methyl sites for hydroxylation is 1. The number of benzene rings is 1. The highest BCUT2D eigenvalue weighted by Gasteiger charge is 2.33. The fourth-order valence-electron chi connectivity index (χ4n) is 2.98. The van der Waals surface area contributed by atoms with E-state index < -0.39 is 0 Å². The minimum Gasteiger partial charge on any atom is -0.313 e. The van der Waals surface area contributed by atoms with E-state index in [1.807, 2.05) is 0 Å². The average molecular weight is 231 g/mol. The Labute approximate surface area is 106 Å². The van der Waals surface area contributed by atoms with Gasteiger partial charge >= 0.3 is 0 Å². The van der Waals surface area contributed by atoms with Crippen LogP contribution in [-0.2, 0) is 6.42 Å². The smallest absolute Gasteiger partial charge is 0.0118 e. The zero-order valence-corrected chi connectivity index (χ0v) is 11.4. The van der Waals surface area contributed by atoms with Crippen LogP contribution in [0.15, 0.2) is 24.3 Å². The molecule has 17 heavy (non-hydrogen) atoms. The molecule has 1 saturated carbocycles. The van der Waals surface area contributed by atoms with Crippen LogP contribution in [0.25, 0.3) is 0 Å². The molecule has 1 heteroatoms. The lowest BCUT2D eigenvalue weighted by Gasteiger charge is -2.28. The lowest BCUT2D eigenvalue weighted by molar-refractivity contribution is 0.285. The lowest BCUT2D eigenvalue weighted by Crippen LogP contribution is -2.38. The number of rotatable bonds is 4. The van der Waals surface area contributed by atoms with Crippen LogP contribution >= 0.6 is 0 Å². The van der Waals surface area contributed by atoms with Gasteiger partial charge in [0.25, 0.3) is 0 Å². The zero-order valence-electron chi connectivity index (χ0n) is 11.4. The van der Waals surface area contributed by atoms with E-state index in [0.29, 0.717) is 11.5 Å². The van der Waals surface area contributed by atoms with Crippen molar-refractivity contribution in [3.63, 3.8) is 0 Å². The van der Waals surface area contributed by atoms with Gasteiger partial charge in [0.05, 0.1) is 0 Å². The Morgan fingerprint density at radius 1 is 1.29 bits per heavy atom. The van der Waals surface area contributed by atoms with Gasteiger partial charge in [-0.1, -0.05) is 44.5 Å². The van der Waals surface area contributed by atoms with Crippen LogP contribution in [0.5, 0.6) is 0 Å². The van der Waals surface area contributed by atoms with E-state index in [2.05, 4.69) is 50.4 Å². The predicted octanol–water partition coefficient (Wildman–Crippen LogP) is 3.71. The van der Waals surface area contributed by atoms with Crippen LogP contribution < -0.4 is 5.32 Å². The standard InChI is InChI=1S/C16H25N/c1-13-7-4-5-8-14(13)10-12-17-15-9-6-11-16(15,2)3/h4-5,7-8,15,17H,6,9-12H2,1-3H3. The molecule has 0 aromatic heterocycles. The summed E-state index contributed by atoms with van der Waals surface area (Å²) in [6, 6.07) is 9.42. The molecule has 1 aliphatic carbocycles. The van der Waals surface area contributed by atoms with Gasteiger partial charge in [-0.05, 0) is 49.3 Å². The monoisotopic (exact) mass is 231 g/mol. The molecule has 2 rings (SSSR count). The van der Waals surface area contributed by atoms with E-state index in [1.54, 1.807) is 0 Å². The first kappa shape index (κ1) is 12.6. The highest BCUT2D eigenvalue weighted by atomic mass is 14.9. The van der Waals surface area contributed by atoms with Gasteiger partial charge in [-0.15, -0.1) is 0 Å². The Hall–Kier alpha value is -0.820. The minimum absolute atomic E-state index is 0.492. The van der Waals surface area contributed by atoms with Crippen molar-refractivity contribution < 1.29 is 0 Å². The van der Waals surface area contributed by atoms with Crippen LogP contribution in [0.2, 0.25) is 0 Å². The predicted molar refractivity (Wildman–Crippen MR) is 74.3 cm³/mol. The largest absolute Gasteiger partial charge is 0.313 e. The van der Waals surface area contributed by atoms with Crippen molar-refractivity contribution in [2.24, 2.45) is 5.41 Å². The molecule has 0 aliphatic heterocycles. The Morgan fingerprint density at radius 2 is 2.06 bits per heavy atom. The molecule has 1 N–H and O–H groups in total. The van der Waals surface area contributed by atoms with Crippen molar-refractivity contribution in [1.29, 1.82) is 0 Å². The third-order valence-electron chi connectivity index (χ3n) is 4.30. The van der Waals surface area contributed by atoms with Gasteiger partial charge in [-0.3, -0.25) is 0 Å². The maximum absolute atomic E-state index is 3.75. The van der Waals surface area contributed by atoms with Gasteiger partial charge in [0.15, 0.2) is 0 Å². The highest BCUT2D eigenvalue weighted by Crippen LogP contribution is 2.37. The molecular formula is C16H25N. The van der Waals surface area contributed by atoms with Gasteiger partial charge in [-0.2, -0.15) is 0 Å². The molecule has 0 radical (unpaired) electrons. The van der Waals surface area contributed by atoms with Crippen LogP contribution in [-0.4, -0.2) is 12.6 Å². The fraction of sp³-hybridized carbons (Fsp3) is 0.625. The van der Waals surface area contributed by atoms with Gasteiger partial charge < -0.3 is 5.32 Å². The summed E-state index contributed by atoms with van der Waals surface area (Å²) < 4.78 is 0. The molecule has 1 unspecified atom stereocenters. The van der Waals surface area contributed by atoms with Crippen LogP contribution in [0.3, 0.4) is 0 Å². The molecule has 94 valence electrons. The summed E-state index contributed by atoms with van der Waals surface area (Å²) >= 11 is 0. The SMILES string of the molecule is Cc1ccccc1CCNC1CCCC1(C)C. The minimum atomic E-state index is 0.492. The lowest BCUT2D eigenvalue weighted by atomic mass is 9.87. The molecule has 1 aliphatic rings. The summed E-state index contributed by atoms with van der Waals surface area (Å²) in [4.78, 5) is 0. The second-order valence-electron chi connectivity index (χ2n) is 6.06. The summed E-state index contributed by atoms with van der Waals surface area (Å²) in [6.45, 7) is 8.10. The number of hydrogen-bond acceptors (Lipinski definition) is 1. The molecule has 0 saturated heterocycles. The summed E-state index contributed by atoms with van der Waals surface area (Å²) in [5.74, 6) is 0. The fourth-order valence-corrected chi connectivity index (χ4v) is 2.98. The van der Waals surface area contributed by atoms with Crippen molar-refractivity contribution in [3.8, 4) is 0 Å². The Kier molecular flexibility index (Phi) is 3.88. The third-order valence-corrected chi connectivity index (χ3v) is 4.30. The van der Waals surface area contributed by atoms with Crippen LogP contribution in [0.1, 0.15) is 44.2 Å². The zero-order chi connectivity index (χ0) is 12.3. The molecule has 0 amide bonds. The number of nitrogens with one attached hydrogen (secondary N) is 1. The Balaban J connectivity index is 1.82. The van der Waals surface area contributed by atoms with Gasteiger partial charge in [0.2, 0.25) is 0 Å². The van der Waals surface area contributed by atoms with E-state index >= 15 is 0 Å². The van der Waals surface area contributed by atoms with Crippen LogP contribution in [0.4, 0.5) is 0 Å². The van der Waals surface area contributed by atoms with Crippen molar-refractivity contribution in [2.45, 2.75) is 52.5 Å². The topological polar surface area (TPSA) is 12.0 Å². The third kappa shape index (κ3) is 3.10. The quantitative estimate of drug-likeness (QED) is 0.833. The Bertz CT molecular complexity index is 368. The van der Waals surface area contributed by atoms with E-state index in [-0.39, 0.29) is 0 Å². The van der Waals surface area contributed by atoms with E-state index in [0.717, 1.165) is 13.0 Å². The summed E-state index contributed by atoms with van der Waals surface area (Å²) in [5.41, 5.74) is 3.39. The molecule has 1 aromatic rings. The molecule has 0 spiro atoms. The Morgan fingerprint density at radius 3 is 2.71 bits per heavy atom. The molecule has 1 nitrogen and oxygen atoms in total. The van der Waals surface area contributed by atoms with E-state index in [9.17, 15) is 0 Å². The first-order valence-electron chi connectivity index (χ1n) is 6.87. The second kappa shape index (κ2) is 5.22. The summed E-state index contributed by atoms with van der Waals surface area (Å²) in [7, 11) is 0. The van der Waals surface area contributed by atoms with Crippen molar-refractivity contribution in [1.82, 2.24) is 5.32 Å². The maximum Gasteiger partial charge on any atom is 0.0118 e. The molecular weight excluding hydrogens is 206 g/mol. The van der Waals surface area contributed by atoms with Crippen molar-refractivity contribution in [3.05, 3.63) is 35.4 Å². The first-order valence-corrected chi connectivity index (χ1v) is 6.87. The molecule has 1 atom stereocenters. The van der Waals surface area contributed by atoms with Gasteiger partial charge in [-0.25, -0.2) is 0 Å². The highest BCUT2D eigenvalue weighted by molar-refractivity contribution is 5.25. The maximum atomic E-state index is 3.75. The van der Waals surface area contributed by atoms with Crippen LogP contribution in [0, 0.1) is 12.3 Å². The molecule has 0 heterocycles. The first-order chi connectivity index (χ1) is 8.09. The van der Waals surface area contributed by atoms with Crippen molar-refractivity contribution in [2.75, 3.05) is 6.54 Å². The number of hydrogen-bond donors (Lipinski definition) is 1. The van der Waals surface area contributed by atoms with E-state index in [1.165, 1.54) is 30.4 Å². The summed E-state index contributed by atoms with van der Waals surface area (Å²) in [5, 5.41) is 3.75. The van der Waals surface area contributed by atoms with E-state index in [4.69, 9.17) is 0 Å². The normalized spacial score (nSPS) is 22.9. The molecule has 1 aromatic carbocycles. The molecule has 0 bridgehead atoms.